The lowest BCUT2D eigenvalue weighted by atomic mass is 10.1. The molecule has 22 heavy (non-hydrogen) atoms. The number of ether oxygens (including phenoxy) is 1. The van der Waals surface area contributed by atoms with Crippen molar-refractivity contribution in [3.8, 4) is 5.75 Å². The molecule has 0 aliphatic heterocycles. The third kappa shape index (κ3) is 3.54. The summed E-state index contributed by atoms with van der Waals surface area (Å²) in [7, 11) is 1.52. The van der Waals surface area contributed by atoms with E-state index in [1.54, 1.807) is 37.3 Å². The predicted molar refractivity (Wildman–Crippen MR) is 83.8 cm³/mol. The minimum absolute atomic E-state index is 0.174. The average molecular weight is 300 g/mol. The summed E-state index contributed by atoms with van der Waals surface area (Å²) in [6.45, 7) is 1.73. The van der Waals surface area contributed by atoms with Gasteiger partial charge in [-0.2, -0.15) is 0 Å². The molecule has 0 aliphatic carbocycles. The van der Waals surface area contributed by atoms with Crippen LogP contribution in [0.1, 0.15) is 15.9 Å². The summed E-state index contributed by atoms with van der Waals surface area (Å²) in [6.07, 6.45) is 0. The zero-order valence-corrected chi connectivity index (χ0v) is 12.2. The smallest absolute Gasteiger partial charge is 0.335 e. The molecule has 0 bridgehead atoms. The van der Waals surface area contributed by atoms with Crippen molar-refractivity contribution in [1.29, 1.82) is 0 Å². The van der Waals surface area contributed by atoms with Crippen LogP contribution in [0.5, 0.6) is 5.75 Å². The highest BCUT2D eigenvalue weighted by molar-refractivity contribution is 6.01. The molecule has 0 unspecified atom stereocenters. The maximum absolute atomic E-state index is 12.0. The second kappa shape index (κ2) is 6.62. The first-order valence-corrected chi connectivity index (χ1v) is 6.56. The fraction of sp³-hybridized carbons (Fsp3) is 0.125. The third-order valence-electron chi connectivity index (χ3n) is 3.08. The van der Waals surface area contributed by atoms with E-state index in [2.05, 4.69) is 10.6 Å². The van der Waals surface area contributed by atoms with Crippen molar-refractivity contribution < 1.29 is 19.4 Å². The van der Waals surface area contributed by atoms with Gasteiger partial charge >= 0.3 is 12.0 Å². The lowest BCUT2D eigenvalue weighted by molar-refractivity contribution is 0.0697. The zero-order chi connectivity index (χ0) is 16.1. The second-order valence-electron chi connectivity index (χ2n) is 4.61. The molecule has 2 amide bonds. The lowest BCUT2D eigenvalue weighted by Gasteiger charge is -2.12. The summed E-state index contributed by atoms with van der Waals surface area (Å²) in [5, 5.41) is 14.3. The first kappa shape index (κ1) is 15.4. The summed E-state index contributed by atoms with van der Waals surface area (Å²) in [6, 6.07) is 11.1. The van der Waals surface area contributed by atoms with Crippen LogP contribution < -0.4 is 15.4 Å². The van der Waals surface area contributed by atoms with Crippen LogP contribution in [0.25, 0.3) is 0 Å². The van der Waals surface area contributed by atoms with Gasteiger partial charge in [-0.1, -0.05) is 12.1 Å². The zero-order valence-electron chi connectivity index (χ0n) is 12.2. The highest BCUT2D eigenvalue weighted by atomic mass is 16.5. The number of carboxylic acids is 1. The van der Waals surface area contributed by atoms with Crippen LogP contribution in [-0.2, 0) is 0 Å². The molecule has 6 nitrogen and oxygen atoms in total. The number of amides is 2. The number of hydrogen-bond donors (Lipinski definition) is 3. The highest BCUT2D eigenvalue weighted by Crippen LogP contribution is 2.23. The molecule has 0 spiro atoms. The summed E-state index contributed by atoms with van der Waals surface area (Å²) in [5.74, 6) is -0.455. The van der Waals surface area contributed by atoms with Crippen LogP contribution in [-0.4, -0.2) is 24.2 Å². The second-order valence-corrected chi connectivity index (χ2v) is 4.61. The molecule has 0 atom stereocenters. The molecular formula is C16H16N2O4. The molecule has 114 valence electrons. The van der Waals surface area contributed by atoms with E-state index in [0.29, 0.717) is 22.7 Å². The van der Waals surface area contributed by atoms with E-state index in [1.165, 1.54) is 19.2 Å². The van der Waals surface area contributed by atoms with Gasteiger partial charge in [0.05, 0.1) is 18.4 Å². The van der Waals surface area contributed by atoms with Gasteiger partial charge in [0.1, 0.15) is 5.75 Å². The molecule has 2 aromatic carbocycles. The number of carbonyl (C=O) groups excluding carboxylic acids is 1. The van der Waals surface area contributed by atoms with Gasteiger partial charge < -0.3 is 20.5 Å². The normalized spacial score (nSPS) is 9.91. The largest absolute Gasteiger partial charge is 0.495 e. The molecule has 0 fully saturated rings. The van der Waals surface area contributed by atoms with Crippen molar-refractivity contribution in [2.75, 3.05) is 17.7 Å². The van der Waals surface area contributed by atoms with Gasteiger partial charge in [-0.25, -0.2) is 9.59 Å². The Hall–Kier alpha value is -3.02. The Kier molecular flexibility index (Phi) is 4.63. The fourth-order valence-corrected chi connectivity index (χ4v) is 1.96. The monoisotopic (exact) mass is 300 g/mol. The maximum Gasteiger partial charge on any atom is 0.335 e. The molecule has 0 aliphatic rings. The molecule has 0 saturated heterocycles. The van der Waals surface area contributed by atoms with Crippen molar-refractivity contribution >= 4 is 23.4 Å². The van der Waals surface area contributed by atoms with Crippen molar-refractivity contribution in [3.63, 3.8) is 0 Å². The molecule has 2 aromatic rings. The Balaban J connectivity index is 2.11. The van der Waals surface area contributed by atoms with Crippen LogP contribution in [0.3, 0.4) is 0 Å². The molecule has 0 saturated carbocycles. The van der Waals surface area contributed by atoms with Crippen molar-refractivity contribution in [2.45, 2.75) is 6.92 Å². The van der Waals surface area contributed by atoms with Crippen LogP contribution in [0.2, 0.25) is 0 Å². The summed E-state index contributed by atoms with van der Waals surface area (Å²) in [4.78, 5) is 22.9. The number of aromatic carboxylic acids is 1. The van der Waals surface area contributed by atoms with Crippen LogP contribution in [0.15, 0.2) is 42.5 Å². The van der Waals surface area contributed by atoms with Gasteiger partial charge in [-0.3, -0.25) is 0 Å². The van der Waals surface area contributed by atoms with Crippen LogP contribution in [0, 0.1) is 6.92 Å². The maximum atomic E-state index is 12.0. The number of para-hydroxylation sites is 2. The molecule has 0 radical (unpaired) electrons. The average Bonchev–Trinajstić information content (AvgIpc) is 2.49. The standard InChI is InChI=1S/C16H16N2O4/c1-10-9-11(15(19)20)7-8-12(10)17-16(21)18-13-5-3-4-6-14(13)22-2/h3-9H,1-2H3,(H,19,20)(H2,17,18,21). The first-order valence-electron chi connectivity index (χ1n) is 6.56. The summed E-state index contributed by atoms with van der Waals surface area (Å²) < 4.78 is 5.15. The van der Waals surface area contributed by atoms with E-state index in [-0.39, 0.29) is 5.56 Å². The van der Waals surface area contributed by atoms with Gasteiger partial charge in [-0.05, 0) is 42.8 Å². The minimum Gasteiger partial charge on any atom is -0.495 e. The number of aryl methyl sites for hydroxylation is 1. The minimum atomic E-state index is -1.01. The molecule has 0 heterocycles. The number of anilines is 2. The number of carboxylic acid groups (broad SMARTS) is 1. The number of carbonyl (C=O) groups is 2. The van der Waals surface area contributed by atoms with Crippen molar-refractivity contribution in [3.05, 3.63) is 53.6 Å². The van der Waals surface area contributed by atoms with E-state index in [9.17, 15) is 9.59 Å². The number of methoxy groups -OCH3 is 1. The highest BCUT2D eigenvalue weighted by Gasteiger charge is 2.10. The number of nitrogens with one attached hydrogen (secondary N) is 2. The summed E-state index contributed by atoms with van der Waals surface area (Å²) >= 11 is 0. The Morgan fingerprint density at radius 2 is 1.73 bits per heavy atom. The van der Waals surface area contributed by atoms with E-state index in [4.69, 9.17) is 9.84 Å². The predicted octanol–water partition coefficient (Wildman–Crippen LogP) is 3.35. The van der Waals surface area contributed by atoms with Gasteiger partial charge in [0.25, 0.3) is 0 Å². The van der Waals surface area contributed by atoms with Crippen molar-refractivity contribution in [2.24, 2.45) is 0 Å². The Bertz CT molecular complexity index is 713. The van der Waals surface area contributed by atoms with Gasteiger partial charge in [0.2, 0.25) is 0 Å². The van der Waals surface area contributed by atoms with E-state index in [0.717, 1.165) is 0 Å². The number of urea groups is 1. The number of rotatable bonds is 4. The van der Waals surface area contributed by atoms with Crippen molar-refractivity contribution in [1.82, 2.24) is 0 Å². The van der Waals surface area contributed by atoms with E-state index < -0.39 is 12.0 Å². The van der Waals surface area contributed by atoms with Gasteiger partial charge in [-0.15, -0.1) is 0 Å². The molecular weight excluding hydrogens is 284 g/mol. The van der Waals surface area contributed by atoms with Gasteiger partial charge in [0.15, 0.2) is 0 Å². The fourth-order valence-electron chi connectivity index (χ4n) is 1.96. The Morgan fingerprint density at radius 1 is 1.05 bits per heavy atom. The van der Waals surface area contributed by atoms with Gasteiger partial charge in [0, 0.05) is 5.69 Å². The third-order valence-corrected chi connectivity index (χ3v) is 3.08. The topological polar surface area (TPSA) is 87.7 Å². The molecule has 6 heteroatoms. The number of benzene rings is 2. The van der Waals surface area contributed by atoms with E-state index in [1.807, 2.05) is 0 Å². The Morgan fingerprint density at radius 3 is 2.36 bits per heavy atom. The molecule has 3 N–H and O–H groups in total. The van der Waals surface area contributed by atoms with Crippen LogP contribution in [0.4, 0.5) is 16.2 Å². The SMILES string of the molecule is COc1ccccc1NC(=O)Nc1ccc(C(=O)O)cc1C. The first-order chi connectivity index (χ1) is 10.5. The lowest BCUT2D eigenvalue weighted by Crippen LogP contribution is -2.20. The van der Waals surface area contributed by atoms with Crippen LogP contribution >= 0.6 is 0 Å². The van der Waals surface area contributed by atoms with E-state index >= 15 is 0 Å². The summed E-state index contributed by atoms with van der Waals surface area (Å²) in [5.41, 5.74) is 1.92. The molecule has 2 rings (SSSR count). The Labute approximate surface area is 127 Å². The number of hydrogen-bond acceptors (Lipinski definition) is 3. The quantitative estimate of drug-likeness (QED) is 0.808. The molecule has 0 aromatic heterocycles.